The highest BCUT2D eigenvalue weighted by molar-refractivity contribution is 7.89. The Morgan fingerprint density at radius 1 is 1.47 bits per heavy atom. The van der Waals surface area contributed by atoms with Gasteiger partial charge in [-0.1, -0.05) is 6.92 Å². The second kappa shape index (κ2) is 5.03. The van der Waals surface area contributed by atoms with Crippen LogP contribution in [-0.4, -0.2) is 54.8 Å². The van der Waals surface area contributed by atoms with Crippen LogP contribution in [0.3, 0.4) is 0 Å². The molecule has 1 amide bonds. The van der Waals surface area contributed by atoms with Gasteiger partial charge in [-0.05, 0) is 32.1 Å². The van der Waals surface area contributed by atoms with E-state index in [0.29, 0.717) is 25.4 Å². The molecule has 1 atom stereocenters. The van der Waals surface area contributed by atoms with Gasteiger partial charge < -0.3 is 10.0 Å². The number of aliphatic hydroxyl groups is 1. The van der Waals surface area contributed by atoms with Gasteiger partial charge in [0.2, 0.25) is 15.9 Å². The summed E-state index contributed by atoms with van der Waals surface area (Å²) in [6.07, 6.45) is 2.57. The summed E-state index contributed by atoms with van der Waals surface area (Å²) in [5.74, 6) is 0.0880. The SMILES string of the molecule is CCCS(=O)(=O)NC(C)C(=O)N1CC(O)(C2CC2)C1. The molecule has 1 saturated heterocycles. The largest absolute Gasteiger partial charge is 0.386 e. The fourth-order valence-corrected chi connectivity index (χ4v) is 3.87. The third-order valence-corrected chi connectivity index (χ3v) is 5.44. The maximum absolute atomic E-state index is 12.0. The van der Waals surface area contributed by atoms with Gasteiger partial charge in [0.25, 0.3) is 0 Å². The molecule has 2 fully saturated rings. The minimum atomic E-state index is -3.39. The van der Waals surface area contributed by atoms with Gasteiger partial charge in [-0.3, -0.25) is 4.79 Å². The highest BCUT2D eigenvalue weighted by Gasteiger charge is 2.53. The molecule has 1 unspecified atom stereocenters. The molecule has 1 heterocycles. The second-order valence-corrected chi connectivity index (χ2v) is 7.60. The summed E-state index contributed by atoms with van der Waals surface area (Å²) in [7, 11) is -3.39. The topological polar surface area (TPSA) is 86.7 Å². The third kappa shape index (κ3) is 3.27. The molecule has 7 heteroatoms. The molecule has 2 rings (SSSR count). The van der Waals surface area contributed by atoms with Gasteiger partial charge in [-0.2, -0.15) is 0 Å². The molecule has 0 radical (unpaired) electrons. The van der Waals surface area contributed by atoms with E-state index in [2.05, 4.69) is 4.72 Å². The van der Waals surface area contributed by atoms with E-state index in [4.69, 9.17) is 0 Å². The van der Waals surface area contributed by atoms with Crippen molar-refractivity contribution >= 4 is 15.9 Å². The number of nitrogens with one attached hydrogen (secondary N) is 1. The third-order valence-electron chi connectivity index (χ3n) is 3.78. The fraction of sp³-hybridized carbons (Fsp3) is 0.917. The number of hydrogen-bond acceptors (Lipinski definition) is 4. The lowest BCUT2D eigenvalue weighted by Crippen LogP contribution is -2.67. The van der Waals surface area contributed by atoms with Gasteiger partial charge in [-0.15, -0.1) is 0 Å². The lowest BCUT2D eigenvalue weighted by atomic mass is 9.88. The molecule has 2 N–H and O–H groups in total. The van der Waals surface area contributed by atoms with Crippen LogP contribution in [0.5, 0.6) is 0 Å². The summed E-state index contributed by atoms with van der Waals surface area (Å²) in [6, 6.07) is -0.764. The van der Waals surface area contributed by atoms with Crippen LogP contribution in [0.2, 0.25) is 0 Å². The summed E-state index contributed by atoms with van der Waals surface area (Å²) in [5, 5.41) is 10.1. The Balaban J connectivity index is 1.84. The average Bonchev–Trinajstić information content (AvgIpc) is 3.06. The van der Waals surface area contributed by atoms with Crippen molar-refractivity contribution in [1.82, 2.24) is 9.62 Å². The van der Waals surface area contributed by atoms with Crippen molar-refractivity contribution in [3.8, 4) is 0 Å². The van der Waals surface area contributed by atoms with E-state index in [1.165, 1.54) is 4.90 Å². The molecule has 110 valence electrons. The molecule has 2 aliphatic rings. The van der Waals surface area contributed by atoms with Crippen LogP contribution in [0, 0.1) is 5.92 Å². The van der Waals surface area contributed by atoms with Crippen molar-refractivity contribution in [2.24, 2.45) is 5.92 Å². The predicted octanol–water partition coefficient (Wildman–Crippen LogP) is -0.312. The molecule has 0 aromatic heterocycles. The fourth-order valence-electron chi connectivity index (χ4n) is 2.57. The molecule has 0 bridgehead atoms. The number of sulfonamides is 1. The first-order valence-electron chi connectivity index (χ1n) is 6.78. The Labute approximate surface area is 114 Å². The lowest BCUT2D eigenvalue weighted by molar-refractivity contribution is -0.160. The van der Waals surface area contributed by atoms with Crippen LogP contribution in [0.15, 0.2) is 0 Å². The van der Waals surface area contributed by atoms with E-state index in [0.717, 1.165) is 12.8 Å². The smallest absolute Gasteiger partial charge is 0.240 e. The molecule has 0 spiro atoms. The molecular weight excluding hydrogens is 268 g/mol. The van der Waals surface area contributed by atoms with Gasteiger partial charge in [0.05, 0.1) is 24.9 Å². The zero-order valence-electron chi connectivity index (χ0n) is 11.4. The van der Waals surface area contributed by atoms with Gasteiger partial charge in [0.1, 0.15) is 5.60 Å². The van der Waals surface area contributed by atoms with Gasteiger partial charge >= 0.3 is 0 Å². The van der Waals surface area contributed by atoms with Crippen LogP contribution in [0.4, 0.5) is 0 Å². The number of carbonyl (C=O) groups excluding carboxylic acids is 1. The monoisotopic (exact) mass is 290 g/mol. The Kier molecular flexibility index (Phi) is 3.90. The first-order valence-corrected chi connectivity index (χ1v) is 8.44. The van der Waals surface area contributed by atoms with E-state index in [1.54, 1.807) is 13.8 Å². The number of nitrogens with zero attached hydrogens (tertiary/aromatic N) is 1. The summed E-state index contributed by atoms with van der Waals surface area (Å²) in [5.41, 5.74) is -0.725. The number of hydrogen-bond donors (Lipinski definition) is 2. The van der Waals surface area contributed by atoms with Crippen LogP contribution >= 0.6 is 0 Å². The zero-order valence-corrected chi connectivity index (χ0v) is 12.2. The lowest BCUT2D eigenvalue weighted by Gasteiger charge is -2.47. The van der Waals surface area contributed by atoms with Crippen LogP contribution in [0.1, 0.15) is 33.1 Å². The van der Waals surface area contributed by atoms with Crippen molar-refractivity contribution in [3.05, 3.63) is 0 Å². The highest BCUT2D eigenvalue weighted by Crippen LogP contribution is 2.44. The summed E-state index contributed by atoms with van der Waals surface area (Å²) < 4.78 is 25.6. The average molecular weight is 290 g/mol. The Hall–Kier alpha value is -0.660. The van der Waals surface area contributed by atoms with Crippen molar-refractivity contribution in [2.75, 3.05) is 18.8 Å². The van der Waals surface area contributed by atoms with Crippen molar-refractivity contribution in [2.45, 2.75) is 44.8 Å². The molecule has 0 aromatic rings. The van der Waals surface area contributed by atoms with Crippen LogP contribution in [0.25, 0.3) is 0 Å². The van der Waals surface area contributed by atoms with E-state index >= 15 is 0 Å². The molecular formula is C12H22N2O4S. The summed E-state index contributed by atoms with van der Waals surface area (Å²) in [6.45, 7) is 3.98. The summed E-state index contributed by atoms with van der Waals surface area (Å²) >= 11 is 0. The zero-order chi connectivity index (χ0) is 14.3. The Morgan fingerprint density at radius 3 is 2.53 bits per heavy atom. The minimum Gasteiger partial charge on any atom is -0.386 e. The Morgan fingerprint density at radius 2 is 2.05 bits per heavy atom. The van der Waals surface area contributed by atoms with Gasteiger partial charge in [0.15, 0.2) is 0 Å². The number of rotatable bonds is 6. The van der Waals surface area contributed by atoms with Crippen molar-refractivity contribution in [1.29, 1.82) is 0 Å². The predicted molar refractivity (Wildman–Crippen MR) is 70.9 cm³/mol. The maximum atomic E-state index is 12.0. The summed E-state index contributed by atoms with van der Waals surface area (Å²) in [4.78, 5) is 13.6. The van der Waals surface area contributed by atoms with E-state index < -0.39 is 21.7 Å². The maximum Gasteiger partial charge on any atom is 0.240 e. The second-order valence-electron chi connectivity index (χ2n) is 5.73. The number of amides is 1. The molecule has 19 heavy (non-hydrogen) atoms. The molecule has 1 aliphatic heterocycles. The van der Waals surface area contributed by atoms with E-state index in [-0.39, 0.29) is 11.7 Å². The van der Waals surface area contributed by atoms with Crippen molar-refractivity contribution in [3.63, 3.8) is 0 Å². The first-order chi connectivity index (χ1) is 8.77. The number of carbonyl (C=O) groups is 1. The first kappa shape index (κ1) is 14.7. The Bertz CT molecular complexity index is 452. The van der Waals surface area contributed by atoms with E-state index in [9.17, 15) is 18.3 Å². The molecule has 0 aromatic carbocycles. The minimum absolute atomic E-state index is 0.0244. The number of likely N-dealkylation sites (tertiary alicyclic amines) is 1. The van der Waals surface area contributed by atoms with Crippen LogP contribution < -0.4 is 4.72 Å². The standard InChI is InChI=1S/C12H22N2O4S/c1-3-6-19(17,18)13-9(2)11(15)14-7-12(16,8-14)10-4-5-10/h9-10,13,16H,3-8H2,1-2H3. The highest BCUT2D eigenvalue weighted by atomic mass is 32.2. The molecule has 6 nitrogen and oxygen atoms in total. The molecule has 1 aliphatic carbocycles. The van der Waals surface area contributed by atoms with Crippen molar-refractivity contribution < 1.29 is 18.3 Å². The van der Waals surface area contributed by atoms with Crippen LogP contribution in [-0.2, 0) is 14.8 Å². The molecule has 1 saturated carbocycles. The van der Waals surface area contributed by atoms with Gasteiger partial charge in [-0.25, -0.2) is 13.1 Å². The number of β-amino-alcohol motifs (C(OH)–C–C–N with tert-alkyl or cyclic N) is 1. The quantitative estimate of drug-likeness (QED) is 0.702. The normalized spacial score (nSPS) is 23.8. The van der Waals surface area contributed by atoms with Gasteiger partial charge in [0, 0.05) is 0 Å². The van der Waals surface area contributed by atoms with E-state index in [1.807, 2.05) is 0 Å².